The number of hydrogen-bond acceptors (Lipinski definition) is 6. The maximum atomic E-state index is 13.4. The quantitative estimate of drug-likeness (QED) is 0.395. The van der Waals surface area contributed by atoms with Gasteiger partial charge in [-0.1, -0.05) is 41.9 Å². The van der Waals surface area contributed by atoms with Crippen LogP contribution in [0.2, 0.25) is 0 Å². The Balaban J connectivity index is 0.00000137. The fourth-order valence-corrected chi connectivity index (χ4v) is 5.47. The lowest BCUT2D eigenvalue weighted by atomic mass is 10.0. The third-order valence-corrected chi connectivity index (χ3v) is 7.27. The first-order chi connectivity index (χ1) is 18.0. The monoisotopic (exact) mass is 556 g/mol. The zero-order chi connectivity index (χ0) is 26.1. The van der Waals surface area contributed by atoms with Crippen molar-refractivity contribution in [1.82, 2.24) is 9.88 Å². The first-order valence-electron chi connectivity index (χ1n) is 12.3. The molecule has 0 radical (unpaired) electrons. The lowest BCUT2D eigenvalue weighted by Gasteiger charge is -2.35. The zero-order valence-electron chi connectivity index (χ0n) is 20.5. The minimum Gasteiger partial charge on any atom is -0.422 e. The number of fused-ring (bicyclic) bond motifs is 3. The molecule has 8 heteroatoms. The summed E-state index contributed by atoms with van der Waals surface area (Å²) in [6.45, 7) is 5.36. The molecule has 6 rings (SSSR count). The van der Waals surface area contributed by atoms with Crippen molar-refractivity contribution in [2.75, 3.05) is 18.0 Å². The molecular weight excluding hydrogens is 532 g/mol. The number of piperazine rings is 1. The van der Waals surface area contributed by atoms with E-state index in [1.165, 1.54) is 0 Å². The van der Waals surface area contributed by atoms with Crippen molar-refractivity contribution in [3.05, 3.63) is 93.1 Å². The molecule has 2 bridgehead atoms. The fourth-order valence-electron chi connectivity index (χ4n) is 5.11. The number of carbonyl (C=O) groups excluding carboxylic acids is 2. The number of nitrogens with zero attached hydrogens (tertiary/aromatic N) is 4. The van der Waals surface area contributed by atoms with Crippen molar-refractivity contribution >= 4 is 45.5 Å². The summed E-state index contributed by atoms with van der Waals surface area (Å²) in [7, 11) is 0. The van der Waals surface area contributed by atoms with Crippen molar-refractivity contribution in [1.29, 1.82) is 5.26 Å². The Morgan fingerprint density at radius 1 is 1.11 bits per heavy atom. The van der Waals surface area contributed by atoms with Crippen LogP contribution in [0.3, 0.4) is 0 Å². The van der Waals surface area contributed by atoms with Crippen molar-refractivity contribution in [2.45, 2.75) is 32.4 Å². The van der Waals surface area contributed by atoms with Crippen LogP contribution in [0.4, 0.5) is 5.82 Å². The van der Waals surface area contributed by atoms with E-state index in [4.69, 9.17) is 10.00 Å². The molecule has 37 heavy (non-hydrogen) atoms. The van der Waals surface area contributed by atoms with E-state index < -0.39 is 0 Å². The summed E-state index contributed by atoms with van der Waals surface area (Å²) in [5.74, 6) is 0.939. The van der Waals surface area contributed by atoms with Crippen LogP contribution in [-0.4, -0.2) is 46.9 Å². The van der Waals surface area contributed by atoms with Crippen LogP contribution in [0, 0.1) is 11.3 Å². The second-order valence-electron chi connectivity index (χ2n) is 8.88. The Hall–Kier alpha value is -3.96. The first kappa shape index (κ1) is 24.7. The topological polar surface area (TPSA) is 86.5 Å². The number of benzene rings is 2. The number of cyclic esters (lactones) is 1. The van der Waals surface area contributed by atoms with Crippen LogP contribution in [0.15, 0.2) is 65.3 Å². The molecule has 0 spiro atoms. The van der Waals surface area contributed by atoms with Gasteiger partial charge in [0, 0.05) is 34.9 Å². The van der Waals surface area contributed by atoms with Crippen molar-refractivity contribution in [2.24, 2.45) is 0 Å². The highest BCUT2D eigenvalue weighted by Gasteiger charge is 2.45. The Labute approximate surface area is 224 Å². The maximum Gasteiger partial charge on any atom is 0.344 e. The van der Waals surface area contributed by atoms with E-state index in [9.17, 15) is 9.59 Å². The molecule has 3 aromatic rings. The van der Waals surface area contributed by atoms with Gasteiger partial charge < -0.3 is 14.5 Å². The molecule has 2 atom stereocenters. The standard InChI is InChI=1S/C27H19BrN4O3.C2H6/c28-19-5-6-22-23(10-19)24(35-27(22)34)9-16-2-1-3-18(8-16)26(33)32-15-20-11-21(32)14-31(20)25-7-4-17(12-29)13-30-25;1-2/h1-10,13,20-21H,11,14-15H2;1-2H3/b24-9-;. The molecule has 186 valence electrons. The van der Waals surface area contributed by atoms with Gasteiger partial charge >= 0.3 is 5.97 Å². The van der Waals surface area contributed by atoms with Gasteiger partial charge in [0.2, 0.25) is 0 Å². The summed E-state index contributed by atoms with van der Waals surface area (Å²) in [5, 5.41) is 8.99. The first-order valence-corrected chi connectivity index (χ1v) is 13.1. The summed E-state index contributed by atoms with van der Waals surface area (Å²) in [4.78, 5) is 34.2. The average molecular weight is 557 g/mol. The van der Waals surface area contributed by atoms with Crippen molar-refractivity contribution in [3.63, 3.8) is 0 Å². The molecule has 2 aromatic carbocycles. The number of esters is 1. The smallest absolute Gasteiger partial charge is 0.344 e. The predicted molar refractivity (Wildman–Crippen MR) is 145 cm³/mol. The van der Waals surface area contributed by atoms with Gasteiger partial charge in [-0.05, 0) is 60.5 Å². The van der Waals surface area contributed by atoms with Crippen LogP contribution in [0.1, 0.15) is 57.7 Å². The third kappa shape index (κ3) is 4.63. The SMILES string of the molecule is CC.N#Cc1ccc(N2CC3CC2CN3C(=O)c2cccc(/C=C3\OC(=O)c4ccc(Br)cc43)c2)nc1. The van der Waals surface area contributed by atoms with Crippen LogP contribution < -0.4 is 4.90 Å². The molecule has 3 aliphatic rings. The van der Waals surface area contributed by atoms with E-state index in [2.05, 4.69) is 31.9 Å². The van der Waals surface area contributed by atoms with E-state index in [0.29, 0.717) is 29.0 Å². The number of hydrogen-bond donors (Lipinski definition) is 0. The zero-order valence-corrected chi connectivity index (χ0v) is 22.1. The van der Waals surface area contributed by atoms with Gasteiger partial charge in [0.25, 0.3) is 5.91 Å². The maximum absolute atomic E-state index is 13.4. The van der Waals surface area contributed by atoms with E-state index in [-0.39, 0.29) is 24.0 Å². The van der Waals surface area contributed by atoms with Gasteiger partial charge in [-0.3, -0.25) is 4.79 Å². The molecule has 0 N–H and O–H groups in total. The molecule has 4 heterocycles. The van der Waals surface area contributed by atoms with Gasteiger partial charge in [0.05, 0.1) is 23.2 Å². The predicted octanol–water partition coefficient (Wildman–Crippen LogP) is 5.51. The molecular formula is C29H25BrN4O3. The van der Waals surface area contributed by atoms with E-state index in [1.54, 1.807) is 24.4 Å². The molecule has 1 aromatic heterocycles. The highest BCUT2D eigenvalue weighted by atomic mass is 79.9. The number of ether oxygens (including phenoxy) is 1. The second-order valence-corrected chi connectivity index (χ2v) is 9.80. The molecule has 0 saturated carbocycles. The van der Waals surface area contributed by atoms with Gasteiger partial charge in [-0.15, -0.1) is 0 Å². The molecule has 7 nitrogen and oxygen atoms in total. The summed E-state index contributed by atoms with van der Waals surface area (Å²) < 4.78 is 6.34. The number of anilines is 1. The number of nitriles is 1. The lowest BCUT2D eigenvalue weighted by molar-refractivity contribution is 0.0711. The Morgan fingerprint density at radius 2 is 1.95 bits per heavy atom. The Bertz CT molecular complexity index is 1440. The Morgan fingerprint density at radius 3 is 2.65 bits per heavy atom. The van der Waals surface area contributed by atoms with Crippen molar-refractivity contribution < 1.29 is 14.3 Å². The van der Waals surface area contributed by atoms with Crippen LogP contribution in [0.25, 0.3) is 11.8 Å². The summed E-state index contributed by atoms with van der Waals surface area (Å²) in [6, 6.07) is 18.9. The molecule has 0 aliphatic carbocycles. The highest BCUT2D eigenvalue weighted by molar-refractivity contribution is 9.10. The number of likely N-dealkylation sites (tertiary alicyclic amines) is 1. The Kier molecular flexibility index (Phi) is 6.81. The van der Waals surface area contributed by atoms with Crippen LogP contribution in [-0.2, 0) is 4.74 Å². The molecule has 2 fully saturated rings. The fraction of sp³-hybridized carbons (Fsp3) is 0.241. The summed E-state index contributed by atoms with van der Waals surface area (Å²) in [5.41, 5.74) is 3.19. The number of halogens is 1. The second kappa shape index (κ2) is 10.2. The number of amides is 1. The van der Waals surface area contributed by atoms with E-state index >= 15 is 0 Å². The van der Waals surface area contributed by atoms with Gasteiger partial charge in [0.15, 0.2) is 0 Å². The summed E-state index contributed by atoms with van der Waals surface area (Å²) >= 11 is 3.44. The number of carbonyl (C=O) groups is 2. The van der Waals surface area contributed by atoms with Crippen molar-refractivity contribution in [3.8, 4) is 6.07 Å². The molecule has 1 amide bonds. The molecule has 3 aliphatic heterocycles. The third-order valence-electron chi connectivity index (χ3n) is 6.77. The minimum atomic E-state index is -0.375. The van der Waals surface area contributed by atoms with E-state index in [0.717, 1.165) is 34.4 Å². The van der Waals surface area contributed by atoms with Gasteiger partial charge in [0.1, 0.15) is 17.6 Å². The van der Waals surface area contributed by atoms with Gasteiger partial charge in [-0.25, -0.2) is 9.78 Å². The van der Waals surface area contributed by atoms with E-state index in [1.807, 2.05) is 61.2 Å². The largest absolute Gasteiger partial charge is 0.422 e. The molecule has 2 unspecified atom stereocenters. The van der Waals surface area contributed by atoms with Gasteiger partial charge in [-0.2, -0.15) is 5.26 Å². The number of aromatic nitrogens is 1. The number of rotatable bonds is 3. The summed E-state index contributed by atoms with van der Waals surface area (Å²) in [6.07, 6.45) is 4.28. The normalized spacial score (nSPS) is 20.3. The van der Waals surface area contributed by atoms with Crippen LogP contribution in [0.5, 0.6) is 0 Å². The minimum absolute atomic E-state index is 0.00301. The number of pyridine rings is 1. The average Bonchev–Trinajstić information content (AvgIpc) is 3.63. The molecule has 2 saturated heterocycles. The highest BCUT2D eigenvalue weighted by Crippen LogP contribution is 2.36. The van der Waals surface area contributed by atoms with Crippen LogP contribution >= 0.6 is 15.9 Å². The lowest BCUT2D eigenvalue weighted by Crippen LogP contribution is -2.49.